The summed E-state index contributed by atoms with van der Waals surface area (Å²) in [6.45, 7) is 6.43. The van der Waals surface area contributed by atoms with Crippen molar-refractivity contribution < 1.29 is 9.53 Å². The molecule has 0 aliphatic carbocycles. The molecule has 164 valence electrons. The quantitative estimate of drug-likeness (QED) is 0.486. The minimum Gasteiger partial charge on any atom is -0.494 e. The molecule has 0 spiro atoms. The molecule has 1 N–H and O–H groups in total. The Bertz CT molecular complexity index is 1310. The molecule has 8 heteroatoms. The Kier molecular flexibility index (Phi) is 6.02. The number of fused-ring (bicyclic) bond motifs is 1. The van der Waals surface area contributed by atoms with Crippen molar-refractivity contribution in [1.29, 1.82) is 0 Å². The number of ether oxygens (including phenoxy) is 1. The van der Waals surface area contributed by atoms with Crippen molar-refractivity contribution in [1.82, 2.24) is 24.9 Å². The largest absolute Gasteiger partial charge is 0.494 e. The zero-order valence-electron chi connectivity index (χ0n) is 18.3. The Morgan fingerprint density at radius 3 is 2.44 bits per heavy atom. The number of carbonyl (C=O) groups is 1. The number of hydrogen-bond acceptors (Lipinski definition) is 5. The Labute approximate surface area is 185 Å². The second-order valence-electron chi connectivity index (χ2n) is 7.46. The number of nitrogens with zero attached hydrogens (tertiary/aromatic N) is 4. The first-order chi connectivity index (χ1) is 15.5. The van der Waals surface area contributed by atoms with E-state index in [9.17, 15) is 9.59 Å². The van der Waals surface area contributed by atoms with Crippen LogP contribution in [0.15, 0.2) is 59.4 Å². The zero-order valence-corrected chi connectivity index (χ0v) is 18.3. The van der Waals surface area contributed by atoms with Crippen LogP contribution in [0.4, 0.5) is 0 Å². The van der Waals surface area contributed by atoms with Crippen molar-refractivity contribution in [2.75, 3.05) is 6.61 Å². The molecule has 1 amide bonds. The summed E-state index contributed by atoms with van der Waals surface area (Å²) in [5.74, 6) is 0.485. The van der Waals surface area contributed by atoms with E-state index in [0.717, 1.165) is 22.7 Å². The summed E-state index contributed by atoms with van der Waals surface area (Å²) < 4.78 is 8.33. The molecule has 2 aromatic heterocycles. The van der Waals surface area contributed by atoms with Crippen LogP contribution in [0.1, 0.15) is 23.9 Å². The van der Waals surface area contributed by atoms with E-state index in [2.05, 4.69) is 15.5 Å². The average Bonchev–Trinajstić information content (AvgIpc) is 3.15. The highest BCUT2D eigenvalue weighted by atomic mass is 16.5. The SMILES string of the molecule is CCOc1ccc(CNC(=O)Cn2nc(C)c3c(C)n(-c4ccccc4)nc3c2=O)cc1. The van der Waals surface area contributed by atoms with Gasteiger partial charge in [-0.15, -0.1) is 0 Å². The summed E-state index contributed by atoms with van der Waals surface area (Å²) in [6.07, 6.45) is 0. The van der Waals surface area contributed by atoms with Gasteiger partial charge in [0.25, 0.3) is 5.56 Å². The van der Waals surface area contributed by atoms with Crippen LogP contribution in [0, 0.1) is 13.8 Å². The van der Waals surface area contributed by atoms with E-state index in [0.29, 0.717) is 29.7 Å². The molecular formula is C24H25N5O3. The van der Waals surface area contributed by atoms with Crippen molar-refractivity contribution in [2.45, 2.75) is 33.9 Å². The molecule has 4 rings (SSSR count). The lowest BCUT2D eigenvalue weighted by Gasteiger charge is -2.09. The lowest BCUT2D eigenvalue weighted by Crippen LogP contribution is -2.34. The first-order valence-electron chi connectivity index (χ1n) is 10.5. The number of aryl methyl sites for hydroxylation is 2. The van der Waals surface area contributed by atoms with E-state index in [4.69, 9.17) is 4.74 Å². The van der Waals surface area contributed by atoms with Crippen LogP contribution in [0.3, 0.4) is 0 Å². The highest BCUT2D eigenvalue weighted by Gasteiger charge is 2.18. The maximum Gasteiger partial charge on any atom is 0.295 e. The minimum atomic E-state index is -0.389. The van der Waals surface area contributed by atoms with Gasteiger partial charge in [0.1, 0.15) is 12.3 Å². The van der Waals surface area contributed by atoms with E-state index < -0.39 is 0 Å². The van der Waals surface area contributed by atoms with Crippen molar-refractivity contribution in [3.63, 3.8) is 0 Å². The molecule has 0 fully saturated rings. The molecule has 0 aliphatic heterocycles. The van der Waals surface area contributed by atoms with Crippen molar-refractivity contribution in [3.05, 3.63) is 81.9 Å². The van der Waals surface area contributed by atoms with Crippen LogP contribution in [-0.4, -0.2) is 32.1 Å². The number of amides is 1. The number of aromatic nitrogens is 4. The fourth-order valence-electron chi connectivity index (χ4n) is 3.67. The van der Waals surface area contributed by atoms with Gasteiger partial charge in [0.2, 0.25) is 5.91 Å². The van der Waals surface area contributed by atoms with Crippen LogP contribution in [0.5, 0.6) is 5.75 Å². The maximum atomic E-state index is 13.0. The second-order valence-corrected chi connectivity index (χ2v) is 7.46. The molecule has 0 saturated heterocycles. The highest BCUT2D eigenvalue weighted by molar-refractivity contribution is 5.83. The summed E-state index contributed by atoms with van der Waals surface area (Å²) in [5.41, 5.74) is 3.20. The third-order valence-electron chi connectivity index (χ3n) is 5.20. The number of benzene rings is 2. The highest BCUT2D eigenvalue weighted by Crippen LogP contribution is 2.20. The maximum absolute atomic E-state index is 13.0. The number of rotatable bonds is 7. The van der Waals surface area contributed by atoms with Gasteiger partial charge in [-0.2, -0.15) is 10.2 Å². The third-order valence-corrected chi connectivity index (χ3v) is 5.20. The van der Waals surface area contributed by atoms with Gasteiger partial charge in [-0.1, -0.05) is 30.3 Å². The molecule has 0 atom stereocenters. The van der Waals surface area contributed by atoms with E-state index in [1.54, 1.807) is 4.68 Å². The van der Waals surface area contributed by atoms with Gasteiger partial charge in [0, 0.05) is 6.54 Å². The molecule has 0 aliphatic rings. The summed E-state index contributed by atoms with van der Waals surface area (Å²) in [4.78, 5) is 25.5. The molecule has 2 heterocycles. The predicted molar refractivity (Wildman–Crippen MR) is 122 cm³/mol. The topological polar surface area (TPSA) is 91.0 Å². The summed E-state index contributed by atoms with van der Waals surface area (Å²) in [5, 5.41) is 12.4. The van der Waals surface area contributed by atoms with Crippen molar-refractivity contribution in [2.24, 2.45) is 0 Å². The number of hydrogen-bond donors (Lipinski definition) is 1. The monoisotopic (exact) mass is 431 g/mol. The first kappa shape index (κ1) is 21.3. The predicted octanol–water partition coefficient (Wildman–Crippen LogP) is 2.91. The van der Waals surface area contributed by atoms with E-state index in [1.165, 1.54) is 4.68 Å². The second kappa shape index (κ2) is 9.05. The number of nitrogens with one attached hydrogen (secondary N) is 1. The Hall–Kier alpha value is -3.94. The fraction of sp³-hybridized carbons (Fsp3) is 0.250. The molecule has 0 saturated carbocycles. The van der Waals surface area contributed by atoms with E-state index >= 15 is 0 Å². The third kappa shape index (κ3) is 4.25. The van der Waals surface area contributed by atoms with Crippen LogP contribution in [-0.2, 0) is 17.9 Å². The van der Waals surface area contributed by atoms with E-state index in [1.807, 2.05) is 75.4 Å². The Balaban J connectivity index is 1.53. The summed E-state index contributed by atoms with van der Waals surface area (Å²) in [7, 11) is 0. The molecule has 0 unspecified atom stereocenters. The number of para-hydroxylation sites is 1. The van der Waals surface area contributed by atoms with Crippen molar-refractivity contribution in [3.8, 4) is 11.4 Å². The van der Waals surface area contributed by atoms with Crippen LogP contribution in [0.2, 0.25) is 0 Å². The minimum absolute atomic E-state index is 0.177. The Morgan fingerprint density at radius 1 is 1.03 bits per heavy atom. The van der Waals surface area contributed by atoms with Gasteiger partial charge in [-0.05, 0) is 50.6 Å². The first-order valence-corrected chi connectivity index (χ1v) is 10.5. The molecule has 8 nitrogen and oxygen atoms in total. The smallest absolute Gasteiger partial charge is 0.295 e. The lowest BCUT2D eigenvalue weighted by molar-refractivity contribution is -0.122. The van der Waals surface area contributed by atoms with Gasteiger partial charge >= 0.3 is 0 Å². The lowest BCUT2D eigenvalue weighted by atomic mass is 10.2. The molecular weight excluding hydrogens is 406 g/mol. The molecule has 4 aromatic rings. The van der Waals surface area contributed by atoms with Crippen molar-refractivity contribution >= 4 is 16.8 Å². The summed E-state index contributed by atoms with van der Waals surface area (Å²) in [6, 6.07) is 17.1. The fourth-order valence-corrected chi connectivity index (χ4v) is 3.67. The van der Waals surface area contributed by atoms with Gasteiger partial charge in [0.15, 0.2) is 5.52 Å². The molecule has 2 aromatic carbocycles. The van der Waals surface area contributed by atoms with Crippen LogP contribution < -0.4 is 15.6 Å². The average molecular weight is 431 g/mol. The Morgan fingerprint density at radius 2 is 1.75 bits per heavy atom. The standard InChI is InChI=1S/C24H25N5O3/c1-4-32-20-12-10-18(11-13-20)14-25-21(30)15-28-24(31)23-22(16(2)26-28)17(3)29(27-23)19-8-6-5-7-9-19/h5-13H,4,14-15H2,1-3H3,(H,25,30). The molecule has 0 bridgehead atoms. The van der Waals surface area contributed by atoms with E-state index in [-0.39, 0.29) is 18.0 Å². The normalized spacial score (nSPS) is 11.0. The molecule has 0 radical (unpaired) electrons. The zero-order chi connectivity index (χ0) is 22.7. The van der Waals surface area contributed by atoms with Gasteiger partial charge < -0.3 is 10.1 Å². The van der Waals surface area contributed by atoms with Gasteiger partial charge in [-0.3, -0.25) is 9.59 Å². The van der Waals surface area contributed by atoms with Gasteiger partial charge in [0.05, 0.1) is 29.1 Å². The molecule has 32 heavy (non-hydrogen) atoms. The number of carbonyl (C=O) groups excluding carboxylic acids is 1. The van der Waals surface area contributed by atoms with Crippen LogP contribution in [0.25, 0.3) is 16.6 Å². The van der Waals surface area contributed by atoms with Gasteiger partial charge in [-0.25, -0.2) is 9.36 Å². The summed E-state index contributed by atoms with van der Waals surface area (Å²) >= 11 is 0. The van der Waals surface area contributed by atoms with Crippen LogP contribution >= 0.6 is 0 Å².